The van der Waals surface area contributed by atoms with Crippen molar-refractivity contribution in [1.82, 2.24) is 15.1 Å². The number of rotatable bonds is 6. The maximum atomic E-state index is 5.97. The van der Waals surface area contributed by atoms with E-state index in [2.05, 4.69) is 26.9 Å². The highest BCUT2D eigenvalue weighted by atomic mass is 16.5. The third-order valence-electron chi connectivity index (χ3n) is 5.61. The Morgan fingerprint density at radius 1 is 1.28 bits per heavy atom. The minimum atomic E-state index is 0.154. The summed E-state index contributed by atoms with van der Waals surface area (Å²) in [5.74, 6) is 2.46. The Morgan fingerprint density at radius 3 is 2.72 bits per heavy atom. The molecule has 2 aromatic rings. The van der Waals surface area contributed by atoms with Gasteiger partial charge in [-0.1, -0.05) is 24.9 Å². The number of anilines is 1. The molecule has 1 saturated heterocycles. The van der Waals surface area contributed by atoms with E-state index in [0.717, 1.165) is 49.6 Å². The van der Waals surface area contributed by atoms with Crippen LogP contribution in [0, 0.1) is 0 Å². The van der Waals surface area contributed by atoms with Crippen LogP contribution in [0.2, 0.25) is 0 Å². The second-order valence-corrected chi connectivity index (χ2v) is 7.54. The smallest absolute Gasteiger partial charge is 0.233 e. The molecule has 2 N–H and O–H groups in total. The second kappa shape index (κ2) is 6.75. The Balaban J connectivity index is 1.46. The number of nitrogens with zero attached hydrogens (tertiary/aromatic N) is 4. The lowest BCUT2D eigenvalue weighted by Gasteiger charge is -2.31. The topological polar surface area (TPSA) is 81.1 Å². The Kier molecular flexibility index (Phi) is 4.46. The average molecular weight is 341 g/mol. The van der Waals surface area contributed by atoms with Crippen LogP contribution < -0.4 is 10.6 Å². The van der Waals surface area contributed by atoms with Gasteiger partial charge in [-0.3, -0.25) is 0 Å². The van der Waals surface area contributed by atoms with Gasteiger partial charge in [0.2, 0.25) is 11.7 Å². The number of hydrogen-bond donors (Lipinski definition) is 1. The molecule has 0 atom stereocenters. The lowest BCUT2D eigenvalue weighted by Crippen LogP contribution is -2.40. The molecule has 1 aliphatic heterocycles. The monoisotopic (exact) mass is 341 g/mol. The van der Waals surface area contributed by atoms with E-state index < -0.39 is 0 Å². The summed E-state index contributed by atoms with van der Waals surface area (Å²) in [4.78, 5) is 11.6. The molecule has 4 rings (SSSR count). The van der Waals surface area contributed by atoms with Gasteiger partial charge in [0.15, 0.2) is 0 Å². The Hall–Kier alpha value is -1.95. The number of aromatic nitrogens is 3. The van der Waals surface area contributed by atoms with Crippen LogP contribution in [0.15, 0.2) is 22.9 Å². The van der Waals surface area contributed by atoms with Crippen LogP contribution in [-0.2, 0) is 5.41 Å². The maximum absolute atomic E-state index is 5.97. The van der Waals surface area contributed by atoms with E-state index in [9.17, 15) is 0 Å². The van der Waals surface area contributed by atoms with E-state index in [1.807, 2.05) is 18.3 Å². The van der Waals surface area contributed by atoms with Crippen molar-refractivity contribution in [3.05, 3.63) is 24.2 Å². The number of hydrogen-bond acceptors (Lipinski definition) is 6. The molecule has 1 saturated carbocycles. The van der Waals surface area contributed by atoms with E-state index in [1.54, 1.807) is 0 Å². The van der Waals surface area contributed by atoms with Crippen LogP contribution in [0.1, 0.15) is 57.8 Å². The van der Waals surface area contributed by atoms with Gasteiger partial charge < -0.3 is 15.2 Å². The van der Waals surface area contributed by atoms with Crippen molar-refractivity contribution >= 4 is 5.82 Å². The van der Waals surface area contributed by atoms with Gasteiger partial charge in [0.25, 0.3) is 0 Å². The van der Waals surface area contributed by atoms with Crippen molar-refractivity contribution in [2.45, 2.75) is 63.3 Å². The van der Waals surface area contributed by atoms with Gasteiger partial charge in [0, 0.05) is 36.3 Å². The van der Waals surface area contributed by atoms with Crippen LogP contribution in [-0.4, -0.2) is 34.3 Å². The molecule has 134 valence electrons. The van der Waals surface area contributed by atoms with Gasteiger partial charge in [-0.2, -0.15) is 4.98 Å². The highest BCUT2D eigenvalue weighted by molar-refractivity contribution is 5.56. The average Bonchev–Trinajstić information content (AvgIpc) is 3.27. The largest absolute Gasteiger partial charge is 0.357 e. The van der Waals surface area contributed by atoms with E-state index in [4.69, 9.17) is 10.3 Å². The fraction of sp³-hybridized carbons (Fsp3) is 0.632. The maximum Gasteiger partial charge on any atom is 0.233 e. The van der Waals surface area contributed by atoms with Gasteiger partial charge >= 0.3 is 0 Å². The lowest BCUT2D eigenvalue weighted by molar-refractivity contribution is 0.334. The first-order chi connectivity index (χ1) is 12.2. The van der Waals surface area contributed by atoms with Gasteiger partial charge in [-0.15, -0.1) is 0 Å². The van der Waals surface area contributed by atoms with Crippen molar-refractivity contribution in [1.29, 1.82) is 0 Å². The van der Waals surface area contributed by atoms with E-state index >= 15 is 0 Å². The zero-order valence-corrected chi connectivity index (χ0v) is 14.9. The molecule has 25 heavy (non-hydrogen) atoms. The summed E-state index contributed by atoms with van der Waals surface area (Å²) in [5, 5.41) is 4.20. The fourth-order valence-electron chi connectivity index (χ4n) is 3.63. The minimum Gasteiger partial charge on any atom is -0.357 e. The minimum absolute atomic E-state index is 0.154. The SMILES string of the molecule is CCCCC1(c2nc(-c3ccc(N4CCC(N)CC4)nc3)no2)CC1. The molecule has 6 nitrogen and oxygen atoms in total. The summed E-state index contributed by atoms with van der Waals surface area (Å²) in [5.41, 5.74) is 7.04. The highest BCUT2D eigenvalue weighted by Gasteiger charge is 2.48. The third kappa shape index (κ3) is 3.40. The number of nitrogens with two attached hydrogens (primary N) is 1. The summed E-state index contributed by atoms with van der Waals surface area (Å²) < 4.78 is 5.59. The normalized spacial score (nSPS) is 20.0. The number of pyridine rings is 1. The predicted molar refractivity (Wildman–Crippen MR) is 97.4 cm³/mol. The fourth-order valence-corrected chi connectivity index (χ4v) is 3.63. The van der Waals surface area contributed by atoms with Crippen LogP contribution in [0.3, 0.4) is 0 Å². The van der Waals surface area contributed by atoms with Gasteiger partial charge in [-0.05, 0) is 44.2 Å². The van der Waals surface area contributed by atoms with Crippen molar-refractivity contribution in [3.8, 4) is 11.4 Å². The standard InChI is InChI=1S/C19H27N5O/c1-2-3-8-19(9-10-19)18-22-17(23-25-18)14-4-5-16(21-13-14)24-11-6-15(20)7-12-24/h4-5,13,15H,2-3,6-12,20H2,1H3. The van der Waals surface area contributed by atoms with Crippen LogP contribution in [0.4, 0.5) is 5.82 Å². The zero-order chi connectivity index (χ0) is 17.3. The van der Waals surface area contributed by atoms with Crippen molar-refractivity contribution < 1.29 is 4.52 Å². The quantitative estimate of drug-likeness (QED) is 0.868. The molecule has 2 fully saturated rings. The Bertz CT molecular complexity index is 699. The first-order valence-electron chi connectivity index (χ1n) is 9.51. The van der Waals surface area contributed by atoms with Gasteiger partial charge in [0.1, 0.15) is 5.82 Å². The molecule has 0 unspecified atom stereocenters. The van der Waals surface area contributed by atoms with Gasteiger partial charge in [0.05, 0.1) is 0 Å². The molecule has 1 aliphatic carbocycles. The van der Waals surface area contributed by atoms with E-state index in [-0.39, 0.29) is 5.41 Å². The molecular formula is C19H27N5O. The molecule has 0 amide bonds. The highest BCUT2D eigenvalue weighted by Crippen LogP contribution is 2.51. The number of piperidine rings is 1. The molecule has 2 aromatic heterocycles. The molecule has 0 bridgehead atoms. The predicted octanol–water partition coefficient (Wildman–Crippen LogP) is 3.28. The first kappa shape index (κ1) is 16.5. The zero-order valence-electron chi connectivity index (χ0n) is 14.9. The number of unbranched alkanes of at least 4 members (excludes halogenated alkanes) is 1. The lowest BCUT2D eigenvalue weighted by atomic mass is 9.99. The van der Waals surface area contributed by atoms with Crippen molar-refractivity contribution in [2.75, 3.05) is 18.0 Å². The summed E-state index contributed by atoms with van der Waals surface area (Å²) in [6, 6.07) is 4.42. The molecule has 0 radical (unpaired) electrons. The van der Waals surface area contributed by atoms with Crippen molar-refractivity contribution in [2.24, 2.45) is 5.73 Å². The summed E-state index contributed by atoms with van der Waals surface area (Å²) >= 11 is 0. The Labute approximate surface area is 148 Å². The van der Waals surface area contributed by atoms with E-state index in [1.165, 1.54) is 25.7 Å². The molecular weight excluding hydrogens is 314 g/mol. The van der Waals surface area contributed by atoms with Crippen LogP contribution in [0.5, 0.6) is 0 Å². The molecule has 0 spiro atoms. The summed E-state index contributed by atoms with van der Waals surface area (Å²) in [6.45, 7) is 4.16. The molecule has 0 aromatic carbocycles. The van der Waals surface area contributed by atoms with E-state index in [0.29, 0.717) is 11.9 Å². The van der Waals surface area contributed by atoms with Crippen LogP contribution in [0.25, 0.3) is 11.4 Å². The third-order valence-corrected chi connectivity index (χ3v) is 5.61. The Morgan fingerprint density at radius 2 is 2.08 bits per heavy atom. The van der Waals surface area contributed by atoms with Gasteiger partial charge in [-0.25, -0.2) is 4.98 Å². The van der Waals surface area contributed by atoms with Crippen LogP contribution >= 0.6 is 0 Å². The summed E-state index contributed by atoms with van der Waals surface area (Å²) in [7, 11) is 0. The molecule has 2 aliphatic rings. The first-order valence-corrected chi connectivity index (χ1v) is 9.51. The van der Waals surface area contributed by atoms with Crippen molar-refractivity contribution in [3.63, 3.8) is 0 Å². The molecule has 3 heterocycles. The summed E-state index contributed by atoms with van der Waals surface area (Å²) in [6.07, 6.45) is 9.81. The molecule has 6 heteroatoms. The second-order valence-electron chi connectivity index (χ2n) is 7.54.